The number of aryl methyl sites for hydroxylation is 1. The first kappa shape index (κ1) is 23.1. The number of sulfonamides is 1. The zero-order valence-electron chi connectivity index (χ0n) is 18.0. The van der Waals surface area contributed by atoms with E-state index < -0.39 is 26.2 Å². The lowest BCUT2D eigenvalue weighted by atomic mass is 10.1. The van der Waals surface area contributed by atoms with Crippen molar-refractivity contribution in [3.8, 4) is 0 Å². The van der Waals surface area contributed by atoms with Crippen molar-refractivity contribution in [2.75, 3.05) is 0 Å². The smallest absolute Gasteiger partial charge is 0.325 e. The second-order valence-corrected chi connectivity index (χ2v) is 9.21. The van der Waals surface area contributed by atoms with Crippen LogP contribution in [-0.4, -0.2) is 32.4 Å². The predicted molar refractivity (Wildman–Crippen MR) is 123 cm³/mol. The standard InChI is InChI=1S/C21H20N6O6S/c1-2-25-13-22-19-18(25)20(28)24-21(29)26(19)12-15-5-3-14(4-6-15)11-23-34(32,33)17-9-7-16(8-10-17)27(30)31/h3-10,13,23H,2,11-12H2,1H3,(H,24,28,29). The number of H-pyrrole nitrogens is 1. The highest BCUT2D eigenvalue weighted by Gasteiger charge is 2.16. The van der Waals surface area contributed by atoms with Crippen molar-refractivity contribution in [2.24, 2.45) is 0 Å². The maximum absolute atomic E-state index is 12.5. The van der Waals surface area contributed by atoms with Crippen molar-refractivity contribution in [1.82, 2.24) is 23.8 Å². The Labute approximate surface area is 192 Å². The number of nitro benzene ring substituents is 1. The Bertz CT molecular complexity index is 1580. The molecule has 4 rings (SSSR count). The molecule has 176 valence electrons. The molecule has 2 aromatic carbocycles. The van der Waals surface area contributed by atoms with Gasteiger partial charge in [-0.25, -0.2) is 22.9 Å². The molecule has 13 heteroatoms. The minimum atomic E-state index is -3.86. The summed E-state index contributed by atoms with van der Waals surface area (Å²) in [6.07, 6.45) is 1.51. The van der Waals surface area contributed by atoms with Crippen LogP contribution in [0.25, 0.3) is 11.2 Å². The van der Waals surface area contributed by atoms with Gasteiger partial charge in [0.1, 0.15) is 0 Å². The van der Waals surface area contributed by atoms with Crippen LogP contribution in [0.15, 0.2) is 69.3 Å². The number of imidazole rings is 1. The molecular formula is C21H20N6O6S. The van der Waals surface area contributed by atoms with Crippen molar-refractivity contribution in [3.63, 3.8) is 0 Å². The molecule has 2 heterocycles. The molecule has 2 aromatic heterocycles. The number of benzene rings is 2. The summed E-state index contributed by atoms with van der Waals surface area (Å²) in [5.74, 6) is 0. The molecule has 0 amide bonds. The second-order valence-electron chi connectivity index (χ2n) is 7.44. The summed E-state index contributed by atoms with van der Waals surface area (Å²) < 4.78 is 30.4. The van der Waals surface area contributed by atoms with Crippen LogP contribution in [0, 0.1) is 10.1 Å². The third kappa shape index (κ3) is 4.51. The van der Waals surface area contributed by atoms with Crippen LogP contribution in [0.3, 0.4) is 0 Å². The second kappa shape index (κ2) is 9.03. The van der Waals surface area contributed by atoms with E-state index in [1.54, 1.807) is 28.8 Å². The number of aromatic nitrogens is 4. The van der Waals surface area contributed by atoms with Crippen LogP contribution in [0.4, 0.5) is 5.69 Å². The minimum absolute atomic E-state index is 0.00333. The number of non-ortho nitro benzene ring substituents is 1. The third-order valence-corrected chi connectivity index (χ3v) is 6.70. The Kier molecular flexibility index (Phi) is 6.13. The molecule has 0 unspecified atom stereocenters. The fourth-order valence-corrected chi connectivity index (χ4v) is 4.48. The number of rotatable bonds is 8. The molecule has 4 aromatic rings. The number of nitro groups is 1. The van der Waals surface area contributed by atoms with Gasteiger partial charge in [-0.05, 0) is 30.2 Å². The molecule has 0 aliphatic heterocycles. The summed E-state index contributed by atoms with van der Waals surface area (Å²) in [5, 5.41) is 10.7. The van der Waals surface area contributed by atoms with E-state index in [0.717, 1.165) is 17.7 Å². The molecule has 2 N–H and O–H groups in total. The average molecular weight is 484 g/mol. The van der Waals surface area contributed by atoms with E-state index in [9.17, 15) is 28.1 Å². The molecule has 0 radical (unpaired) electrons. The van der Waals surface area contributed by atoms with Crippen molar-refractivity contribution in [1.29, 1.82) is 0 Å². The molecular weight excluding hydrogens is 464 g/mol. The SMILES string of the molecule is CCn1cnc2c1c(=O)[nH]c(=O)n2Cc1ccc(CNS(=O)(=O)c2ccc([N+](=O)[O-])cc2)cc1. The van der Waals surface area contributed by atoms with Crippen LogP contribution in [-0.2, 0) is 29.7 Å². The quantitative estimate of drug-likeness (QED) is 0.282. The van der Waals surface area contributed by atoms with Crippen molar-refractivity contribution < 1.29 is 13.3 Å². The first-order valence-electron chi connectivity index (χ1n) is 10.2. The highest BCUT2D eigenvalue weighted by Crippen LogP contribution is 2.16. The van der Waals surface area contributed by atoms with Crippen LogP contribution in [0.5, 0.6) is 0 Å². The maximum atomic E-state index is 12.5. The van der Waals surface area contributed by atoms with Gasteiger partial charge in [0.25, 0.3) is 11.2 Å². The summed E-state index contributed by atoms with van der Waals surface area (Å²) in [6.45, 7) is 2.57. The molecule has 0 saturated carbocycles. The summed E-state index contributed by atoms with van der Waals surface area (Å²) in [7, 11) is -3.86. The average Bonchev–Trinajstić information content (AvgIpc) is 3.26. The summed E-state index contributed by atoms with van der Waals surface area (Å²) in [6, 6.07) is 11.5. The Morgan fingerprint density at radius 2 is 1.71 bits per heavy atom. The van der Waals surface area contributed by atoms with Gasteiger partial charge in [0.15, 0.2) is 11.2 Å². The zero-order chi connectivity index (χ0) is 24.5. The molecule has 0 atom stereocenters. The van der Waals surface area contributed by atoms with Gasteiger partial charge in [0.2, 0.25) is 10.0 Å². The first-order valence-corrected chi connectivity index (χ1v) is 11.7. The predicted octanol–water partition coefficient (Wildman–Crippen LogP) is 1.34. The van der Waals surface area contributed by atoms with E-state index in [4.69, 9.17) is 0 Å². The lowest BCUT2D eigenvalue weighted by Crippen LogP contribution is -2.31. The lowest BCUT2D eigenvalue weighted by Gasteiger charge is -2.09. The molecule has 0 fully saturated rings. The van der Waals surface area contributed by atoms with E-state index in [-0.39, 0.29) is 29.3 Å². The molecule has 12 nitrogen and oxygen atoms in total. The van der Waals surface area contributed by atoms with Crippen molar-refractivity contribution in [2.45, 2.75) is 31.5 Å². The minimum Gasteiger partial charge on any atom is -0.325 e. The van der Waals surface area contributed by atoms with Gasteiger partial charge in [-0.3, -0.25) is 24.5 Å². The van der Waals surface area contributed by atoms with Crippen LogP contribution < -0.4 is 16.0 Å². The molecule has 0 bridgehead atoms. The Morgan fingerprint density at radius 3 is 2.32 bits per heavy atom. The van der Waals surface area contributed by atoms with E-state index in [1.807, 2.05) is 6.92 Å². The van der Waals surface area contributed by atoms with Gasteiger partial charge < -0.3 is 4.57 Å². The molecule has 0 aliphatic rings. The van der Waals surface area contributed by atoms with Gasteiger partial charge in [-0.2, -0.15) is 0 Å². The largest absolute Gasteiger partial charge is 0.330 e. The summed E-state index contributed by atoms with van der Waals surface area (Å²) in [5.41, 5.74) is 0.766. The maximum Gasteiger partial charge on any atom is 0.330 e. The van der Waals surface area contributed by atoms with Crippen molar-refractivity contribution in [3.05, 3.63) is 96.9 Å². The number of fused-ring (bicyclic) bond motifs is 1. The highest BCUT2D eigenvalue weighted by molar-refractivity contribution is 7.89. The van der Waals surface area contributed by atoms with Crippen LogP contribution in [0.1, 0.15) is 18.1 Å². The van der Waals surface area contributed by atoms with E-state index in [2.05, 4.69) is 14.7 Å². The summed E-state index contributed by atoms with van der Waals surface area (Å²) in [4.78, 5) is 41.1. The fraction of sp³-hybridized carbons (Fsp3) is 0.190. The number of nitrogens with zero attached hydrogens (tertiary/aromatic N) is 4. The fourth-order valence-electron chi connectivity index (χ4n) is 3.46. The van der Waals surface area contributed by atoms with Gasteiger partial charge in [-0.15, -0.1) is 0 Å². The van der Waals surface area contributed by atoms with Crippen LogP contribution >= 0.6 is 0 Å². The molecule has 0 saturated heterocycles. The molecule has 0 aliphatic carbocycles. The number of aromatic amines is 1. The number of nitrogens with one attached hydrogen (secondary N) is 2. The Hall–Kier alpha value is -4.10. The zero-order valence-corrected chi connectivity index (χ0v) is 18.8. The van der Waals surface area contributed by atoms with Gasteiger partial charge >= 0.3 is 5.69 Å². The lowest BCUT2D eigenvalue weighted by molar-refractivity contribution is -0.384. The van der Waals surface area contributed by atoms with Crippen molar-refractivity contribution >= 4 is 26.9 Å². The highest BCUT2D eigenvalue weighted by atomic mass is 32.2. The van der Waals surface area contributed by atoms with E-state index in [1.165, 1.54) is 23.0 Å². The van der Waals surface area contributed by atoms with Gasteiger partial charge in [0.05, 0.1) is 22.7 Å². The van der Waals surface area contributed by atoms with Crippen LogP contribution in [0.2, 0.25) is 0 Å². The third-order valence-electron chi connectivity index (χ3n) is 5.28. The summed E-state index contributed by atoms with van der Waals surface area (Å²) >= 11 is 0. The first-order chi connectivity index (χ1) is 16.2. The Balaban J connectivity index is 1.49. The van der Waals surface area contributed by atoms with Gasteiger partial charge in [-0.1, -0.05) is 24.3 Å². The Morgan fingerprint density at radius 1 is 1.06 bits per heavy atom. The van der Waals surface area contributed by atoms with E-state index >= 15 is 0 Å². The number of hydrogen-bond donors (Lipinski definition) is 2. The molecule has 0 spiro atoms. The monoisotopic (exact) mass is 484 g/mol. The topological polar surface area (TPSA) is 162 Å². The number of hydrogen-bond acceptors (Lipinski definition) is 7. The van der Waals surface area contributed by atoms with E-state index in [0.29, 0.717) is 17.6 Å². The normalized spacial score (nSPS) is 11.7. The molecule has 34 heavy (non-hydrogen) atoms. The van der Waals surface area contributed by atoms with Gasteiger partial charge in [0, 0.05) is 25.2 Å².